The molecule has 1 atom stereocenters. The van der Waals surface area contributed by atoms with Crippen molar-refractivity contribution in [2.75, 3.05) is 20.6 Å². The van der Waals surface area contributed by atoms with Crippen molar-refractivity contribution in [3.63, 3.8) is 0 Å². The third kappa shape index (κ3) is 4.87. The van der Waals surface area contributed by atoms with E-state index in [9.17, 15) is 4.79 Å². The summed E-state index contributed by atoms with van der Waals surface area (Å²) in [6.07, 6.45) is 11.0. The first-order valence-electron chi connectivity index (χ1n) is 13.1. The van der Waals surface area contributed by atoms with Crippen LogP contribution in [0.25, 0.3) is 16.5 Å². The lowest BCUT2D eigenvalue weighted by Gasteiger charge is -2.43. The zero-order valence-electron chi connectivity index (χ0n) is 21.1. The predicted octanol–water partition coefficient (Wildman–Crippen LogP) is 5.98. The highest BCUT2D eigenvalue weighted by Gasteiger charge is 2.36. The molecular formula is C30H38N4O. The van der Waals surface area contributed by atoms with Gasteiger partial charge in [0.25, 0.3) is 0 Å². The zero-order valence-corrected chi connectivity index (χ0v) is 21.1. The summed E-state index contributed by atoms with van der Waals surface area (Å²) < 4.78 is 0. The number of amides is 2. The highest BCUT2D eigenvalue weighted by molar-refractivity contribution is 5.89. The minimum absolute atomic E-state index is 0.0246. The van der Waals surface area contributed by atoms with Crippen LogP contribution < -0.4 is 10.6 Å². The minimum atomic E-state index is -0.0335. The summed E-state index contributed by atoms with van der Waals surface area (Å²) in [6.45, 7) is 0.631. The van der Waals surface area contributed by atoms with E-state index in [1.54, 1.807) is 0 Å². The molecule has 35 heavy (non-hydrogen) atoms. The number of H-pyrrole nitrogens is 1. The van der Waals surface area contributed by atoms with Gasteiger partial charge in [0.05, 0.1) is 0 Å². The van der Waals surface area contributed by atoms with E-state index in [2.05, 4.69) is 95.3 Å². The second-order valence-electron chi connectivity index (χ2n) is 10.4. The quantitative estimate of drug-likeness (QED) is 0.398. The summed E-state index contributed by atoms with van der Waals surface area (Å²) in [6, 6.07) is 19.7. The number of aromatic amines is 1. The van der Waals surface area contributed by atoms with Crippen LogP contribution in [0.5, 0.6) is 0 Å². The van der Waals surface area contributed by atoms with Crippen molar-refractivity contribution in [2.45, 2.75) is 62.9 Å². The Morgan fingerprint density at radius 1 is 1.06 bits per heavy atom. The molecule has 1 heterocycles. The second kappa shape index (κ2) is 10.3. The Morgan fingerprint density at radius 2 is 1.80 bits per heavy atom. The van der Waals surface area contributed by atoms with E-state index in [1.807, 2.05) is 0 Å². The van der Waals surface area contributed by atoms with Gasteiger partial charge in [-0.2, -0.15) is 0 Å². The SMILES string of the molecule is CN(C)C1(c2ccccc2)CC=C(c2[nH]c3ccccc3c2CCNC(=O)NC2CCCC2)CC1. The molecular weight excluding hydrogens is 432 g/mol. The normalized spacial score (nSPS) is 20.8. The molecule has 2 amide bonds. The van der Waals surface area contributed by atoms with Crippen LogP contribution in [0.2, 0.25) is 0 Å². The topological polar surface area (TPSA) is 60.2 Å². The van der Waals surface area contributed by atoms with Crippen molar-refractivity contribution in [2.24, 2.45) is 0 Å². The molecule has 0 aliphatic heterocycles. The van der Waals surface area contributed by atoms with Crippen molar-refractivity contribution in [1.29, 1.82) is 0 Å². The van der Waals surface area contributed by atoms with Gasteiger partial charge in [-0.05, 0) is 75.4 Å². The Bertz CT molecular complexity index is 1190. The number of allylic oxidation sites excluding steroid dienone is 1. The number of carbonyl (C=O) groups is 1. The van der Waals surface area contributed by atoms with Gasteiger partial charge in [-0.25, -0.2) is 4.79 Å². The van der Waals surface area contributed by atoms with E-state index in [-0.39, 0.29) is 11.6 Å². The molecule has 1 aromatic heterocycles. The number of hydrogen-bond donors (Lipinski definition) is 3. The van der Waals surface area contributed by atoms with Crippen LogP contribution >= 0.6 is 0 Å². The zero-order chi connectivity index (χ0) is 24.3. The third-order valence-electron chi connectivity index (χ3n) is 8.15. The van der Waals surface area contributed by atoms with Gasteiger partial charge in [0.15, 0.2) is 0 Å². The first-order chi connectivity index (χ1) is 17.1. The number of aromatic nitrogens is 1. The van der Waals surface area contributed by atoms with Crippen LogP contribution in [-0.4, -0.2) is 42.6 Å². The molecule has 1 unspecified atom stereocenters. The number of benzene rings is 2. The largest absolute Gasteiger partial charge is 0.355 e. The number of carbonyl (C=O) groups excluding carboxylic acids is 1. The lowest BCUT2D eigenvalue weighted by atomic mass is 9.75. The number of para-hydroxylation sites is 1. The molecule has 2 aliphatic rings. The molecule has 2 aliphatic carbocycles. The van der Waals surface area contributed by atoms with Crippen LogP contribution in [0, 0.1) is 0 Å². The highest BCUT2D eigenvalue weighted by Crippen LogP contribution is 2.43. The van der Waals surface area contributed by atoms with Crippen molar-refractivity contribution in [1.82, 2.24) is 20.5 Å². The molecule has 3 aromatic rings. The fourth-order valence-electron chi connectivity index (χ4n) is 6.08. The van der Waals surface area contributed by atoms with Crippen molar-refractivity contribution in [3.8, 4) is 0 Å². The molecule has 2 aromatic carbocycles. The number of urea groups is 1. The molecule has 0 spiro atoms. The lowest BCUT2D eigenvalue weighted by Crippen LogP contribution is -2.42. The summed E-state index contributed by atoms with van der Waals surface area (Å²) in [7, 11) is 4.39. The van der Waals surface area contributed by atoms with E-state index >= 15 is 0 Å². The summed E-state index contributed by atoms with van der Waals surface area (Å²) in [4.78, 5) is 18.5. The van der Waals surface area contributed by atoms with Crippen LogP contribution in [0.3, 0.4) is 0 Å². The van der Waals surface area contributed by atoms with E-state index in [0.717, 1.165) is 38.5 Å². The van der Waals surface area contributed by atoms with Crippen LogP contribution in [0.15, 0.2) is 60.7 Å². The Hall–Kier alpha value is -3.05. The van der Waals surface area contributed by atoms with Gasteiger partial charge in [0.2, 0.25) is 0 Å². The number of fused-ring (bicyclic) bond motifs is 1. The van der Waals surface area contributed by atoms with Gasteiger partial charge in [-0.1, -0.05) is 67.4 Å². The Balaban J connectivity index is 1.35. The fourth-order valence-corrected chi connectivity index (χ4v) is 6.08. The molecule has 0 saturated heterocycles. The maximum absolute atomic E-state index is 12.4. The van der Waals surface area contributed by atoms with Gasteiger partial charge in [0.1, 0.15) is 0 Å². The van der Waals surface area contributed by atoms with Gasteiger partial charge >= 0.3 is 6.03 Å². The highest BCUT2D eigenvalue weighted by atomic mass is 16.2. The molecule has 1 fully saturated rings. The smallest absolute Gasteiger partial charge is 0.315 e. The molecule has 5 rings (SSSR count). The van der Waals surface area contributed by atoms with Gasteiger partial charge in [0, 0.05) is 34.7 Å². The Labute approximate surface area is 209 Å². The molecule has 0 radical (unpaired) electrons. The van der Waals surface area contributed by atoms with Crippen molar-refractivity contribution >= 4 is 22.5 Å². The molecule has 3 N–H and O–H groups in total. The summed E-state index contributed by atoms with van der Waals surface area (Å²) >= 11 is 0. The standard InChI is InChI=1S/C30H38N4O/c1-34(2)30(23-10-4-3-5-11-23)19-16-22(17-20-30)28-26(25-14-8-9-15-27(25)33-28)18-21-31-29(35)32-24-12-6-7-13-24/h3-5,8-11,14-16,24,33H,6-7,12-13,17-21H2,1-2H3,(H2,31,32,35). The maximum atomic E-state index is 12.4. The number of rotatable bonds is 7. The monoisotopic (exact) mass is 470 g/mol. The minimum Gasteiger partial charge on any atom is -0.355 e. The maximum Gasteiger partial charge on any atom is 0.315 e. The van der Waals surface area contributed by atoms with E-state index in [4.69, 9.17) is 0 Å². The fraction of sp³-hybridized carbons (Fsp3) is 0.433. The van der Waals surface area contributed by atoms with Gasteiger partial charge in [-0.3, -0.25) is 4.90 Å². The first-order valence-corrected chi connectivity index (χ1v) is 13.1. The molecule has 0 bridgehead atoms. The van der Waals surface area contributed by atoms with Crippen LogP contribution in [0.1, 0.15) is 61.8 Å². The lowest BCUT2D eigenvalue weighted by molar-refractivity contribution is 0.138. The van der Waals surface area contributed by atoms with E-state index < -0.39 is 0 Å². The summed E-state index contributed by atoms with van der Waals surface area (Å²) in [5, 5.41) is 7.50. The number of nitrogens with one attached hydrogen (secondary N) is 3. The van der Waals surface area contributed by atoms with Crippen molar-refractivity contribution < 1.29 is 4.79 Å². The molecule has 5 heteroatoms. The Kier molecular flexibility index (Phi) is 6.96. The van der Waals surface area contributed by atoms with E-state index in [0.29, 0.717) is 12.6 Å². The third-order valence-corrected chi connectivity index (χ3v) is 8.15. The number of nitrogens with zero attached hydrogens (tertiary/aromatic N) is 1. The predicted molar refractivity (Wildman–Crippen MR) is 144 cm³/mol. The Morgan fingerprint density at radius 3 is 2.51 bits per heavy atom. The van der Waals surface area contributed by atoms with Crippen molar-refractivity contribution in [3.05, 3.63) is 77.5 Å². The summed E-state index contributed by atoms with van der Waals surface area (Å²) in [5.41, 5.74) is 6.52. The first kappa shape index (κ1) is 23.7. The van der Waals surface area contributed by atoms with Gasteiger partial charge in [-0.15, -0.1) is 0 Å². The van der Waals surface area contributed by atoms with E-state index in [1.165, 1.54) is 46.1 Å². The van der Waals surface area contributed by atoms with Crippen LogP contribution in [0.4, 0.5) is 4.79 Å². The molecule has 1 saturated carbocycles. The average Bonchev–Trinajstić information content (AvgIpc) is 3.52. The van der Waals surface area contributed by atoms with Gasteiger partial charge < -0.3 is 15.6 Å². The molecule has 5 nitrogen and oxygen atoms in total. The summed E-state index contributed by atoms with van der Waals surface area (Å²) in [5.74, 6) is 0. The average molecular weight is 471 g/mol. The van der Waals surface area contributed by atoms with Crippen LogP contribution in [-0.2, 0) is 12.0 Å². The number of hydrogen-bond acceptors (Lipinski definition) is 2. The molecule has 184 valence electrons. The second-order valence-corrected chi connectivity index (χ2v) is 10.4.